The monoisotopic (exact) mass is 272 g/mol. The van der Waals surface area contributed by atoms with E-state index in [2.05, 4.69) is 23.5 Å². The first-order chi connectivity index (χ1) is 10.3. The number of nitrogens with one attached hydrogen (secondary N) is 1. The van der Waals surface area contributed by atoms with Crippen molar-refractivity contribution in [2.75, 3.05) is 10.2 Å². The molecular weight excluding hydrogens is 260 g/mol. The standard InChI is InChI=1S/C18H12N2O/c21-18-13-8-2-1-7-12(13)17-19-14-9-3-5-11-6-4-10-15(16(11)14)20(17)18/h1-10,17,19H/t17-/m0/s1. The fraction of sp³-hybridized carbons (Fsp3) is 0.0556. The van der Waals surface area contributed by atoms with E-state index < -0.39 is 0 Å². The highest BCUT2D eigenvalue weighted by Gasteiger charge is 2.40. The molecule has 2 aliphatic heterocycles. The summed E-state index contributed by atoms with van der Waals surface area (Å²) in [4.78, 5) is 14.6. The van der Waals surface area contributed by atoms with Crippen molar-refractivity contribution in [2.24, 2.45) is 0 Å². The summed E-state index contributed by atoms with van der Waals surface area (Å²) in [6.07, 6.45) is -0.103. The molecule has 3 heteroatoms. The van der Waals surface area contributed by atoms with Crippen LogP contribution >= 0.6 is 0 Å². The zero-order valence-electron chi connectivity index (χ0n) is 11.2. The van der Waals surface area contributed by atoms with E-state index in [1.54, 1.807) is 0 Å². The van der Waals surface area contributed by atoms with Crippen molar-refractivity contribution in [3.8, 4) is 0 Å². The van der Waals surface area contributed by atoms with Crippen molar-refractivity contribution in [3.05, 3.63) is 71.8 Å². The quantitative estimate of drug-likeness (QED) is 0.672. The number of nitrogens with zero attached hydrogens (tertiary/aromatic N) is 1. The molecule has 1 N–H and O–H groups in total. The molecule has 0 saturated heterocycles. The zero-order valence-corrected chi connectivity index (χ0v) is 11.2. The van der Waals surface area contributed by atoms with Crippen LogP contribution < -0.4 is 10.2 Å². The van der Waals surface area contributed by atoms with Crippen molar-refractivity contribution < 1.29 is 4.79 Å². The molecule has 2 heterocycles. The van der Waals surface area contributed by atoms with Crippen LogP contribution in [0.15, 0.2) is 60.7 Å². The molecule has 21 heavy (non-hydrogen) atoms. The van der Waals surface area contributed by atoms with Gasteiger partial charge in [-0.2, -0.15) is 0 Å². The van der Waals surface area contributed by atoms with Crippen molar-refractivity contribution in [3.63, 3.8) is 0 Å². The van der Waals surface area contributed by atoms with Gasteiger partial charge < -0.3 is 5.32 Å². The number of carbonyl (C=O) groups is 1. The third-order valence-corrected chi connectivity index (χ3v) is 4.40. The normalized spacial score (nSPS) is 18.4. The molecule has 0 unspecified atom stereocenters. The summed E-state index contributed by atoms with van der Waals surface area (Å²) >= 11 is 0. The minimum Gasteiger partial charge on any atom is -0.360 e. The van der Waals surface area contributed by atoms with Gasteiger partial charge in [0, 0.05) is 22.2 Å². The Morgan fingerprint density at radius 2 is 1.71 bits per heavy atom. The summed E-state index contributed by atoms with van der Waals surface area (Å²) in [7, 11) is 0. The van der Waals surface area contributed by atoms with Gasteiger partial charge in [0.25, 0.3) is 5.91 Å². The van der Waals surface area contributed by atoms with E-state index in [0.29, 0.717) is 0 Å². The molecule has 0 saturated carbocycles. The minimum atomic E-state index is -0.103. The summed E-state index contributed by atoms with van der Waals surface area (Å²) in [6.45, 7) is 0. The number of anilines is 2. The molecule has 3 aromatic carbocycles. The van der Waals surface area contributed by atoms with E-state index in [4.69, 9.17) is 0 Å². The van der Waals surface area contributed by atoms with Crippen molar-refractivity contribution in [2.45, 2.75) is 6.17 Å². The number of hydrogen-bond donors (Lipinski definition) is 1. The Kier molecular flexibility index (Phi) is 1.89. The third kappa shape index (κ3) is 1.26. The van der Waals surface area contributed by atoms with E-state index in [1.807, 2.05) is 47.4 Å². The van der Waals surface area contributed by atoms with Gasteiger partial charge in [-0.25, -0.2) is 0 Å². The second-order valence-corrected chi connectivity index (χ2v) is 5.49. The summed E-state index contributed by atoms with van der Waals surface area (Å²) < 4.78 is 0. The fourth-order valence-corrected chi connectivity index (χ4v) is 3.50. The Hall–Kier alpha value is -2.81. The molecule has 1 amide bonds. The third-order valence-electron chi connectivity index (χ3n) is 4.40. The topological polar surface area (TPSA) is 32.3 Å². The largest absolute Gasteiger partial charge is 0.360 e. The number of rotatable bonds is 0. The first-order valence-corrected chi connectivity index (χ1v) is 7.05. The van der Waals surface area contributed by atoms with Crippen LogP contribution in [0, 0.1) is 0 Å². The summed E-state index contributed by atoms with van der Waals surface area (Å²) in [5.74, 6) is 0.0742. The van der Waals surface area contributed by atoms with Crippen LogP contribution in [0.5, 0.6) is 0 Å². The van der Waals surface area contributed by atoms with E-state index >= 15 is 0 Å². The Balaban J connectivity index is 1.85. The molecular formula is C18H12N2O. The maximum Gasteiger partial charge on any atom is 0.260 e. The van der Waals surface area contributed by atoms with E-state index in [9.17, 15) is 4.79 Å². The summed E-state index contributed by atoms with van der Waals surface area (Å²) in [6, 6.07) is 20.2. The molecule has 0 spiro atoms. The van der Waals surface area contributed by atoms with Crippen LogP contribution in [0.1, 0.15) is 22.1 Å². The molecule has 0 radical (unpaired) electrons. The first-order valence-electron chi connectivity index (χ1n) is 7.05. The van der Waals surface area contributed by atoms with Gasteiger partial charge in [0.15, 0.2) is 0 Å². The number of amides is 1. The average Bonchev–Trinajstić information content (AvgIpc) is 2.82. The molecule has 3 nitrogen and oxygen atoms in total. The van der Waals surface area contributed by atoms with Gasteiger partial charge >= 0.3 is 0 Å². The molecule has 1 atom stereocenters. The first kappa shape index (κ1) is 10.9. The molecule has 0 aromatic heterocycles. The van der Waals surface area contributed by atoms with Crippen LogP contribution in [-0.4, -0.2) is 5.91 Å². The van der Waals surface area contributed by atoms with Crippen LogP contribution in [0.2, 0.25) is 0 Å². The highest BCUT2D eigenvalue weighted by Crippen LogP contribution is 2.46. The number of fused-ring (bicyclic) bond motifs is 4. The second kappa shape index (κ2) is 3.64. The fourth-order valence-electron chi connectivity index (χ4n) is 3.50. The minimum absolute atomic E-state index is 0.0742. The van der Waals surface area contributed by atoms with Gasteiger partial charge in [-0.3, -0.25) is 9.69 Å². The maximum atomic E-state index is 12.8. The molecule has 3 aromatic rings. The van der Waals surface area contributed by atoms with Crippen molar-refractivity contribution in [1.82, 2.24) is 0 Å². The van der Waals surface area contributed by atoms with Gasteiger partial charge in [-0.1, -0.05) is 42.5 Å². The zero-order chi connectivity index (χ0) is 14.0. The number of carbonyl (C=O) groups excluding carboxylic acids is 1. The van der Waals surface area contributed by atoms with Crippen molar-refractivity contribution in [1.29, 1.82) is 0 Å². The smallest absolute Gasteiger partial charge is 0.260 e. The lowest BCUT2D eigenvalue weighted by Gasteiger charge is -2.33. The van der Waals surface area contributed by atoms with E-state index in [1.165, 1.54) is 0 Å². The Bertz CT molecular complexity index is 911. The Morgan fingerprint density at radius 1 is 0.905 bits per heavy atom. The molecule has 5 rings (SSSR count). The Labute approximate surface area is 121 Å². The summed E-state index contributed by atoms with van der Waals surface area (Å²) in [5, 5.41) is 5.79. The lowest BCUT2D eigenvalue weighted by molar-refractivity contribution is 0.0993. The van der Waals surface area contributed by atoms with Gasteiger partial charge in [0.05, 0.1) is 5.69 Å². The second-order valence-electron chi connectivity index (χ2n) is 5.49. The molecule has 100 valence electrons. The van der Waals surface area contributed by atoms with Crippen molar-refractivity contribution >= 4 is 28.1 Å². The van der Waals surface area contributed by atoms with Crippen LogP contribution in [-0.2, 0) is 0 Å². The van der Waals surface area contributed by atoms with Gasteiger partial charge in [-0.15, -0.1) is 0 Å². The SMILES string of the molecule is O=C1c2ccccc2[C@H]2Nc3cccc4cccc(c34)N12. The predicted octanol–water partition coefficient (Wildman–Crippen LogP) is 3.92. The van der Waals surface area contributed by atoms with Gasteiger partial charge in [0.2, 0.25) is 0 Å². The highest BCUT2D eigenvalue weighted by atomic mass is 16.2. The Morgan fingerprint density at radius 3 is 2.62 bits per heavy atom. The van der Waals surface area contributed by atoms with Crippen LogP contribution in [0.4, 0.5) is 11.4 Å². The number of hydrogen-bond acceptors (Lipinski definition) is 2. The molecule has 0 aliphatic carbocycles. The van der Waals surface area contributed by atoms with Gasteiger partial charge in [-0.05, 0) is 23.6 Å². The lowest BCUT2D eigenvalue weighted by Crippen LogP contribution is -2.34. The molecule has 2 aliphatic rings. The highest BCUT2D eigenvalue weighted by molar-refractivity contribution is 6.18. The number of benzene rings is 3. The molecule has 0 bridgehead atoms. The van der Waals surface area contributed by atoms with E-state index in [-0.39, 0.29) is 12.1 Å². The molecule has 0 fully saturated rings. The maximum absolute atomic E-state index is 12.8. The predicted molar refractivity (Wildman–Crippen MR) is 83.6 cm³/mol. The van der Waals surface area contributed by atoms with Gasteiger partial charge in [0.1, 0.15) is 6.17 Å². The lowest BCUT2D eigenvalue weighted by atomic mass is 10.0. The van der Waals surface area contributed by atoms with Crippen LogP contribution in [0.25, 0.3) is 10.8 Å². The van der Waals surface area contributed by atoms with E-state index in [0.717, 1.165) is 33.3 Å². The van der Waals surface area contributed by atoms with Crippen LogP contribution in [0.3, 0.4) is 0 Å². The summed E-state index contributed by atoms with van der Waals surface area (Å²) in [5.41, 5.74) is 3.93. The average molecular weight is 272 g/mol.